The molecule has 0 saturated heterocycles. The fourth-order valence-corrected chi connectivity index (χ4v) is 0.827. The van der Waals surface area contributed by atoms with Crippen LogP contribution in [0.5, 0.6) is 0 Å². The van der Waals surface area contributed by atoms with Gasteiger partial charge in [0.2, 0.25) is 0 Å². The van der Waals surface area contributed by atoms with Gasteiger partial charge in [-0.05, 0) is 19.3 Å². The van der Waals surface area contributed by atoms with Gasteiger partial charge in [-0.1, -0.05) is 17.3 Å². The summed E-state index contributed by atoms with van der Waals surface area (Å²) in [5, 5.41) is 5.55. The molecule has 0 aliphatic heterocycles. The molecule has 0 amide bonds. The molecule has 0 saturated carbocycles. The smallest absolute Gasteiger partial charge is 0.0895 e. The Kier molecular flexibility index (Phi) is 4.62. The third-order valence-electron chi connectivity index (χ3n) is 1.31. The summed E-state index contributed by atoms with van der Waals surface area (Å²) >= 11 is 0. The van der Waals surface area contributed by atoms with Crippen LogP contribution in [0.4, 0.5) is 0 Å². The molecule has 0 aromatic carbocycles. The second kappa shape index (κ2) is 5.02. The van der Waals surface area contributed by atoms with Crippen LogP contribution in [-0.4, -0.2) is 12.6 Å². The topological polar surface area (TPSA) is 58.9 Å². The van der Waals surface area contributed by atoms with E-state index < -0.39 is 0 Å². The molecule has 10 heavy (non-hydrogen) atoms. The average Bonchev–Trinajstić information content (AvgIpc) is 1.88. The predicted molar refractivity (Wildman–Crippen MR) is 39.7 cm³/mol. The van der Waals surface area contributed by atoms with Gasteiger partial charge >= 0.3 is 0 Å². The van der Waals surface area contributed by atoms with Gasteiger partial charge in [0.05, 0.1) is 12.6 Å². The third-order valence-corrected chi connectivity index (χ3v) is 1.31. The highest BCUT2D eigenvalue weighted by Crippen LogP contribution is 2.07. The minimum absolute atomic E-state index is 0.171. The normalized spacial score (nSPS) is 15.8. The van der Waals surface area contributed by atoms with Gasteiger partial charge in [0, 0.05) is 0 Å². The van der Waals surface area contributed by atoms with E-state index in [9.17, 15) is 9.81 Å². The molecular weight excluding hydrogens is 132 g/mol. The lowest BCUT2D eigenvalue weighted by Crippen LogP contribution is -2.07. The number of nitroso groups, excluding NO2 is 2. The highest BCUT2D eigenvalue weighted by Gasteiger charge is 2.07. The van der Waals surface area contributed by atoms with E-state index in [0.717, 1.165) is 0 Å². The van der Waals surface area contributed by atoms with Gasteiger partial charge in [0.1, 0.15) is 0 Å². The molecule has 0 bridgehead atoms. The molecule has 0 aromatic heterocycles. The van der Waals surface area contributed by atoms with Gasteiger partial charge in [-0.3, -0.25) is 0 Å². The van der Waals surface area contributed by atoms with Crippen LogP contribution in [0, 0.1) is 15.7 Å². The van der Waals surface area contributed by atoms with Gasteiger partial charge in [-0.15, -0.1) is 0 Å². The zero-order chi connectivity index (χ0) is 7.98. The van der Waals surface area contributed by atoms with Crippen molar-refractivity contribution in [3.8, 4) is 0 Å². The molecular formula is C6H12N2O2. The lowest BCUT2D eigenvalue weighted by Gasteiger charge is -2.06. The van der Waals surface area contributed by atoms with Crippen LogP contribution in [-0.2, 0) is 0 Å². The molecule has 0 spiro atoms. The summed E-state index contributed by atoms with van der Waals surface area (Å²) in [5.41, 5.74) is 0. The van der Waals surface area contributed by atoms with Crippen molar-refractivity contribution in [2.75, 3.05) is 6.54 Å². The van der Waals surface area contributed by atoms with Crippen LogP contribution < -0.4 is 0 Å². The van der Waals surface area contributed by atoms with Crippen molar-refractivity contribution in [2.45, 2.75) is 26.3 Å². The first-order valence-electron chi connectivity index (χ1n) is 3.32. The quantitative estimate of drug-likeness (QED) is 0.553. The second-order valence-corrected chi connectivity index (χ2v) is 2.61. The Morgan fingerprint density at radius 3 is 2.30 bits per heavy atom. The van der Waals surface area contributed by atoms with Crippen molar-refractivity contribution in [3.05, 3.63) is 9.81 Å². The van der Waals surface area contributed by atoms with Crippen molar-refractivity contribution in [1.29, 1.82) is 0 Å². The fraction of sp³-hybridized carbons (Fsp3) is 1.00. The van der Waals surface area contributed by atoms with Crippen LogP contribution >= 0.6 is 0 Å². The first kappa shape index (κ1) is 9.20. The zero-order valence-corrected chi connectivity index (χ0v) is 6.28. The van der Waals surface area contributed by atoms with E-state index in [1.165, 1.54) is 0 Å². The Hall–Kier alpha value is -0.800. The van der Waals surface area contributed by atoms with Crippen molar-refractivity contribution in [1.82, 2.24) is 0 Å². The average molecular weight is 144 g/mol. The molecule has 4 nitrogen and oxygen atoms in total. The maximum atomic E-state index is 9.89. The van der Waals surface area contributed by atoms with E-state index in [1.807, 2.05) is 6.92 Å². The van der Waals surface area contributed by atoms with E-state index in [1.54, 1.807) is 6.92 Å². The molecule has 0 aliphatic rings. The summed E-state index contributed by atoms with van der Waals surface area (Å²) in [6, 6.07) is -0.197. The molecule has 0 fully saturated rings. The van der Waals surface area contributed by atoms with Crippen LogP contribution in [0.2, 0.25) is 0 Å². The summed E-state index contributed by atoms with van der Waals surface area (Å²) in [5.74, 6) is 0.171. The van der Waals surface area contributed by atoms with E-state index in [4.69, 9.17) is 0 Å². The van der Waals surface area contributed by atoms with Crippen molar-refractivity contribution < 1.29 is 0 Å². The maximum absolute atomic E-state index is 9.89. The molecule has 1 unspecified atom stereocenters. The fourth-order valence-electron chi connectivity index (χ4n) is 0.827. The Morgan fingerprint density at radius 2 is 1.90 bits per heavy atom. The summed E-state index contributed by atoms with van der Waals surface area (Å²) in [6.45, 7) is 3.89. The molecule has 0 radical (unpaired) electrons. The highest BCUT2D eigenvalue weighted by atomic mass is 16.3. The Bertz CT molecular complexity index is 116. The summed E-state index contributed by atoms with van der Waals surface area (Å²) < 4.78 is 0. The number of hydrogen-bond acceptors (Lipinski definition) is 4. The zero-order valence-electron chi connectivity index (χ0n) is 6.28. The summed E-state index contributed by atoms with van der Waals surface area (Å²) in [6.07, 6.45) is 0.648. The first-order chi connectivity index (χ1) is 4.70. The summed E-state index contributed by atoms with van der Waals surface area (Å²) in [4.78, 5) is 19.6. The molecule has 58 valence electrons. The standard InChI is InChI=1S/C6H12N2O2/c1-5(4-7-9)3-6(2)8-10/h5-6H,3-4H2,1-2H3/t5-,6?/m0/s1. The van der Waals surface area contributed by atoms with Gasteiger partial charge in [-0.2, -0.15) is 9.81 Å². The lowest BCUT2D eigenvalue weighted by molar-refractivity contribution is 0.490. The third kappa shape index (κ3) is 4.12. The number of rotatable bonds is 5. The Morgan fingerprint density at radius 1 is 1.30 bits per heavy atom. The van der Waals surface area contributed by atoms with Crippen LogP contribution in [0.1, 0.15) is 20.3 Å². The lowest BCUT2D eigenvalue weighted by atomic mass is 10.0. The van der Waals surface area contributed by atoms with E-state index in [-0.39, 0.29) is 18.5 Å². The SMILES string of the molecule is CC(C[C@H](C)CN=O)N=O. The van der Waals surface area contributed by atoms with E-state index >= 15 is 0 Å². The largest absolute Gasteiger partial charge is 0.151 e. The molecule has 0 N–H and O–H groups in total. The highest BCUT2D eigenvalue weighted by molar-refractivity contribution is 4.64. The van der Waals surface area contributed by atoms with Crippen molar-refractivity contribution >= 4 is 0 Å². The van der Waals surface area contributed by atoms with Crippen molar-refractivity contribution in [3.63, 3.8) is 0 Å². The number of hydrogen-bond donors (Lipinski definition) is 0. The first-order valence-corrected chi connectivity index (χ1v) is 3.32. The molecule has 0 rings (SSSR count). The van der Waals surface area contributed by atoms with Crippen molar-refractivity contribution in [2.24, 2.45) is 16.3 Å². The molecule has 0 aromatic rings. The summed E-state index contributed by atoms with van der Waals surface area (Å²) in [7, 11) is 0. The molecule has 0 heterocycles. The van der Waals surface area contributed by atoms with Gasteiger partial charge in [0.15, 0.2) is 0 Å². The predicted octanol–water partition coefficient (Wildman–Crippen LogP) is 1.93. The molecule has 0 aliphatic carbocycles. The van der Waals surface area contributed by atoms with Gasteiger partial charge in [0.25, 0.3) is 0 Å². The maximum Gasteiger partial charge on any atom is 0.0895 e. The van der Waals surface area contributed by atoms with Crippen LogP contribution in [0.25, 0.3) is 0 Å². The minimum Gasteiger partial charge on any atom is -0.151 e. The van der Waals surface area contributed by atoms with Gasteiger partial charge < -0.3 is 0 Å². The second-order valence-electron chi connectivity index (χ2n) is 2.61. The van der Waals surface area contributed by atoms with Gasteiger partial charge in [-0.25, -0.2) is 0 Å². The van der Waals surface area contributed by atoms with E-state index in [2.05, 4.69) is 10.4 Å². The Labute approximate surface area is 60.0 Å². The Balaban J connectivity index is 3.45. The van der Waals surface area contributed by atoms with E-state index in [0.29, 0.717) is 6.42 Å². The monoisotopic (exact) mass is 144 g/mol. The van der Waals surface area contributed by atoms with Crippen LogP contribution in [0.3, 0.4) is 0 Å². The minimum atomic E-state index is -0.197. The molecule has 4 heteroatoms. The number of nitrogens with zero attached hydrogens (tertiary/aromatic N) is 2. The van der Waals surface area contributed by atoms with Crippen LogP contribution in [0.15, 0.2) is 10.4 Å². The molecule has 2 atom stereocenters.